The van der Waals surface area contributed by atoms with Crippen molar-refractivity contribution in [1.29, 1.82) is 0 Å². The molecular weight excluding hydrogens is 650 g/mol. The zero-order valence-electron chi connectivity index (χ0n) is 27.6. The van der Waals surface area contributed by atoms with Crippen LogP contribution in [0.1, 0.15) is 43.0 Å². The molecule has 2 aromatic carbocycles. The normalized spacial score (nSPS) is 15.7. The van der Waals surface area contributed by atoms with Gasteiger partial charge in [-0.2, -0.15) is 5.10 Å². The number of anilines is 3. The van der Waals surface area contributed by atoms with Gasteiger partial charge in [0.1, 0.15) is 6.34 Å². The fraction of sp³-hybridized carbons (Fsp3) is 0.324. The van der Waals surface area contributed by atoms with Crippen LogP contribution in [0.2, 0.25) is 5.02 Å². The van der Waals surface area contributed by atoms with Gasteiger partial charge in [-0.15, -0.1) is 0 Å². The summed E-state index contributed by atoms with van der Waals surface area (Å²) in [5.74, 6) is 11.0. The molecule has 0 unspecified atom stereocenters. The van der Waals surface area contributed by atoms with Gasteiger partial charge in [-0.1, -0.05) is 30.5 Å². The van der Waals surface area contributed by atoms with Crippen molar-refractivity contribution in [3.8, 4) is 11.1 Å². The molecule has 0 spiro atoms. The minimum absolute atomic E-state index is 0.228. The molecule has 3 heterocycles. The number of rotatable bonds is 8. The first kappa shape index (κ1) is 38.3. The average molecular weight is 694 g/mol. The first-order valence-corrected chi connectivity index (χ1v) is 16.0. The largest absolute Gasteiger partial charge is 0.471 e. The second-order valence-electron chi connectivity index (χ2n) is 11.1. The predicted molar refractivity (Wildman–Crippen MR) is 194 cm³/mol. The Hall–Kier alpha value is -5.18. The Kier molecular flexibility index (Phi) is 15.8. The highest BCUT2D eigenvalue weighted by molar-refractivity contribution is 6.30. The molecule has 3 aromatic rings. The zero-order chi connectivity index (χ0) is 35.6. The van der Waals surface area contributed by atoms with E-state index < -0.39 is 0 Å². The van der Waals surface area contributed by atoms with E-state index in [0.29, 0.717) is 35.8 Å². The van der Waals surface area contributed by atoms with E-state index in [1.165, 1.54) is 29.4 Å². The molecule has 1 saturated heterocycles. The number of hydrazine groups is 1. The molecule has 1 atom stereocenters. The number of amides is 2. The molecule has 0 saturated carbocycles. The Morgan fingerprint density at radius 1 is 1.16 bits per heavy atom. The van der Waals surface area contributed by atoms with Crippen LogP contribution in [-0.4, -0.2) is 80.0 Å². The summed E-state index contributed by atoms with van der Waals surface area (Å²) in [7, 11) is 3.23. The average Bonchev–Trinajstić information content (AvgIpc) is 3.10. The number of benzene rings is 2. The monoisotopic (exact) mass is 693 g/mol. The number of carbonyl (C=O) groups excluding carboxylic acids is 3. The number of nitrogens with two attached hydrogens (primary N) is 2. The molecule has 0 radical (unpaired) electrons. The molecule has 5 rings (SSSR count). The first-order chi connectivity index (χ1) is 23.7. The number of ether oxygens (including phenoxy) is 1. The Morgan fingerprint density at radius 3 is 2.59 bits per heavy atom. The van der Waals surface area contributed by atoms with Crippen molar-refractivity contribution in [1.82, 2.24) is 15.2 Å². The first-order valence-electron chi connectivity index (χ1n) is 15.6. The van der Waals surface area contributed by atoms with E-state index in [1.807, 2.05) is 13.1 Å². The maximum atomic E-state index is 13.0. The number of nitrogens with one attached hydrogen (secondary N) is 3. The van der Waals surface area contributed by atoms with Crippen LogP contribution in [0.25, 0.3) is 17.2 Å². The number of aromatic nitrogens is 1. The van der Waals surface area contributed by atoms with Gasteiger partial charge in [0.05, 0.1) is 30.6 Å². The SMILES string of the molecule is CNc1ccc2c(c1)NCCCCC[C@H](NC(=O)/C=C/c1cc(Cl)ccc1N(N)/C=N\N)c1cc-2ccn1.COC=O.O=CN1CC(O)C1. The summed E-state index contributed by atoms with van der Waals surface area (Å²) in [6.45, 7) is 2.29. The summed E-state index contributed by atoms with van der Waals surface area (Å²) >= 11 is 6.18. The molecule has 1 fully saturated rings. The third-order valence-corrected chi connectivity index (χ3v) is 7.80. The minimum Gasteiger partial charge on any atom is -0.471 e. The van der Waals surface area contributed by atoms with Gasteiger partial charge in [0.25, 0.3) is 6.47 Å². The number of pyridine rings is 1. The summed E-state index contributed by atoms with van der Waals surface area (Å²) in [4.78, 5) is 37.9. The number of hydrogen-bond acceptors (Lipinski definition) is 11. The number of hydrogen-bond donors (Lipinski definition) is 6. The van der Waals surface area contributed by atoms with Crippen molar-refractivity contribution in [2.45, 2.75) is 37.8 Å². The molecule has 2 aliphatic heterocycles. The lowest BCUT2D eigenvalue weighted by atomic mass is 9.98. The van der Waals surface area contributed by atoms with Crippen LogP contribution in [0, 0.1) is 0 Å². The number of methoxy groups -OCH3 is 1. The number of aliphatic hydroxyl groups is 1. The van der Waals surface area contributed by atoms with Gasteiger partial charge >= 0.3 is 0 Å². The highest BCUT2D eigenvalue weighted by Crippen LogP contribution is 2.33. The maximum absolute atomic E-state index is 13.0. The molecule has 2 aliphatic rings. The van der Waals surface area contributed by atoms with Gasteiger partial charge in [-0.3, -0.25) is 24.4 Å². The fourth-order valence-corrected chi connectivity index (χ4v) is 5.24. The molecule has 0 aliphatic carbocycles. The number of hydrazone groups is 1. The smallest absolute Gasteiger partial charge is 0.292 e. The van der Waals surface area contributed by atoms with Crippen LogP contribution >= 0.6 is 11.6 Å². The molecule has 49 heavy (non-hydrogen) atoms. The van der Waals surface area contributed by atoms with E-state index in [4.69, 9.17) is 33.2 Å². The van der Waals surface area contributed by atoms with Crippen molar-refractivity contribution >= 4 is 59.9 Å². The van der Waals surface area contributed by atoms with Gasteiger partial charge in [0, 0.05) is 66.5 Å². The van der Waals surface area contributed by atoms with Crippen LogP contribution in [0.15, 0.2) is 65.9 Å². The number of carbonyl (C=O) groups is 3. The molecule has 8 N–H and O–H groups in total. The van der Waals surface area contributed by atoms with Crippen LogP contribution < -0.4 is 32.6 Å². The molecule has 1 aromatic heterocycles. The Morgan fingerprint density at radius 2 is 1.94 bits per heavy atom. The van der Waals surface area contributed by atoms with Gasteiger partial charge in [0.15, 0.2) is 0 Å². The number of likely N-dealkylation sites (tertiary alicyclic amines) is 1. The molecular formula is C34H44ClN9O5. The third-order valence-electron chi connectivity index (χ3n) is 7.57. The molecule has 2 amide bonds. The van der Waals surface area contributed by atoms with E-state index in [2.05, 4.69) is 55.0 Å². The number of β-amino-alcohol motifs (C(OH)–C–C–N with tert-alkyl or cyclic N) is 1. The summed E-state index contributed by atoms with van der Waals surface area (Å²) in [5.41, 5.74) is 6.34. The molecule has 14 nitrogen and oxygen atoms in total. The van der Waals surface area contributed by atoms with Crippen LogP contribution in [-0.2, 0) is 19.1 Å². The zero-order valence-corrected chi connectivity index (χ0v) is 28.3. The summed E-state index contributed by atoms with van der Waals surface area (Å²) in [6.07, 6.45) is 10.5. The van der Waals surface area contributed by atoms with Crippen molar-refractivity contribution < 1.29 is 24.2 Å². The molecule has 262 valence electrons. The fourth-order valence-electron chi connectivity index (χ4n) is 5.06. The van der Waals surface area contributed by atoms with Gasteiger partial charge in [-0.25, -0.2) is 5.84 Å². The van der Waals surface area contributed by atoms with E-state index >= 15 is 0 Å². The predicted octanol–water partition coefficient (Wildman–Crippen LogP) is 3.49. The second kappa shape index (κ2) is 20.2. The lowest BCUT2D eigenvalue weighted by molar-refractivity contribution is -0.127. The number of fused-ring (bicyclic) bond motifs is 4. The van der Waals surface area contributed by atoms with Gasteiger partial charge < -0.3 is 36.5 Å². The number of aliphatic hydroxyl groups excluding tert-OH is 1. The standard InChI is InChI=1S/C28H33ClN8O.C4H7NO2.C2H4O2/c1-32-22-8-9-23-19-12-14-34-26(16-19)24(5-3-2-4-13-33-25(23)17-22)36-28(38)11-6-20-15-21(29)7-10-27(20)37(31)18-35-30;6-3-5-1-4(7)2-5;1-4-2-3/h6-12,14-18,24,32-33H,2-5,13,30-31H2,1H3,(H,36,38);3-4,7H,1-2H2;2H,1H3/b11-6+,35-18-;;/t24-;;/m0../s1. The lowest BCUT2D eigenvalue weighted by Gasteiger charge is -2.31. The summed E-state index contributed by atoms with van der Waals surface area (Å²) in [6, 6.07) is 15.3. The highest BCUT2D eigenvalue weighted by atomic mass is 35.5. The Labute approximate surface area is 291 Å². The minimum atomic E-state index is -0.259. The maximum Gasteiger partial charge on any atom is 0.292 e. The summed E-state index contributed by atoms with van der Waals surface area (Å²) < 4.78 is 3.86. The number of nitrogens with zero attached hydrogens (tertiary/aromatic N) is 4. The van der Waals surface area contributed by atoms with E-state index in [0.717, 1.165) is 66.8 Å². The van der Waals surface area contributed by atoms with Crippen molar-refractivity contribution in [2.75, 3.05) is 49.4 Å². The Bertz CT molecular complexity index is 1580. The highest BCUT2D eigenvalue weighted by Gasteiger charge is 2.21. The second-order valence-corrected chi connectivity index (χ2v) is 11.5. The quantitative estimate of drug-likeness (QED) is 0.0504. The van der Waals surface area contributed by atoms with E-state index in [-0.39, 0.29) is 18.1 Å². The van der Waals surface area contributed by atoms with E-state index in [1.54, 1.807) is 30.5 Å². The van der Waals surface area contributed by atoms with Gasteiger partial charge in [0.2, 0.25) is 12.3 Å². The molecule has 15 heteroatoms. The van der Waals surface area contributed by atoms with Crippen LogP contribution in [0.3, 0.4) is 0 Å². The van der Waals surface area contributed by atoms with Crippen molar-refractivity contribution in [3.05, 3.63) is 77.1 Å². The summed E-state index contributed by atoms with van der Waals surface area (Å²) in [5, 5.41) is 23.7. The third kappa shape index (κ3) is 12.1. The molecule has 2 bridgehead atoms. The number of halogens is 1. The lowest BCUT2D eigenvalue weighted by Crippen LogP contribution is -2.49. The Balaban J connectivity index is 0.000000505. The van der Waals surface area contributed by atoms with Crippen LogP contribution in [0.4, 0.5) is 17.1 Å². The van der Waals surface area contributed by atoms with Gasteiger partial charge in [-0.05, 0) is 66.9 Å². The topological polar surface area (TPSA) is 201 Å². The van der Waals surface area contributed by atoms with Crippen molar-refractivity contribution in [2.24, 2.45) is 16.8 Å². The van der Waals surface area contributed by atoms with E-state index in [9.17, 15) is 9.59 Å². The van der Waals surface area contributed by atoms with Crippen molar-refractivity contribution in [3.63, 3.8) is 0 Å². The van der Waals surface area contributed by atoms with Crippen LogP contribution in [0.5, 0.6) is 0 Å².